The monoisotopic (exact) mass is 294 g/mol. The highest BCUT2D eigenvalue weighted by Crippen LogP contribution is 2.12. The Hall–Kier alpha value is -2.11. The fourth-order valence-electron chi connectivity index (χ4n) is 1.62. The molecule has 2 atom stereocenters. The van der Waals surface area contributed by atoms with Crippen molar-refractivity contribution in [2.75, 3.05) is 0 Å². The average molecular weight is 294 g/mol. The number of amides is 1. The van der Waals surface area contributed by atoms with E-state index in [1.54, 1.807) is 19.1 Å². The van der Waals surface area contributed by atoms with Crippen molar-refractivity contribution in [1.29, 1.82) is 0 Å². The Kier molecular flexibility index (Phi) is 6.65. The fraction of sp³-hybridized carbons (Fsp3) is 0.533. The summed E-state index contributed by atoms with van der Waals surface area (Å²) in [6.07, 6.45) is 2.83. The van der Waals surface area contributed by atoms with Crippen LogP contribution >= 0.6 is 0 Å². The zero-order chi connectivity index (χ0) is 15.8. The van der Waals surface area contributed by atoms with Gasteiger partial charge in [0, 0.05) is 30.3 Å². The molecule has 0 bridgehead atoms. The van der Waals surface area contributed by atoms with Gasteiger partial charge in [0.25, 0.3) is 5.91 Å². The summed E-state index contributed by atoms with van der Waals surface area (Å²) in [7, 11) is 0. The number of rotatable bonds is 8. The number of aromatic nitrogens is 1. The van der Waals surface area contributed by atoms with E-state index in [-0.39, 0.29) is 24.5 Å². The highest BCUT2D eigenvalue weighted by atomic mass is 16.5. The molecule has 0 radical (unpaired) electrons. The molecule has 21 heavy (non-hydrogen) atoms. The van der Waals surface area contributed by atoms with Gasteiger partial charge in [0.05, 0.1) is 6.10 Å². The van der Waals surface area contributed by atoms with Crippen LogP contribution in [0, 0.1) is 0 Å². The number of hydrogen-bond acceptors (Lipinski definition) is 4. The Morgan fingerprint density at radius 3 is 2.76 bits per heavy atom. The predicted octanol–water partition coefficient (Wildman–Crippen LogP) is 2.24. The number of carbonyl (C=O) groups excluding carboxylic acids is 1. The zero-order valence-corrected chi connectivity index (χ0v) is 12.6. The SMILES string of the molecule is CCC(C)Oc1cc(C(=O)NC(C)CCC(=O)O)ccn1. The van der Waals surface area contributed by atoms with Gasteiger partial charge in [-0.25, -0.2) is 4.98 Å². The number of ether oxygens (including phenoxy) is 1. The molecule has 2 N–H and O–H groups in total. The van der Waals surface area contributed by atoms with Crippen LogP contribution in [0.2, 0.25) is 0 Å². The minimum Gasteiger partial charge on any atom is -0.481 e. The maximum absolute atomic E-state index is 12.1. The van der Waals surface area contributed by atoms with E-state index in [1.807, 2.05) is 13.8 Å². The van der Waals surface area contributed by atoms with Gasteiger partial charge in [-0.1, -0.05) is 6.92 Å². The van der Waals surface area contributed by atoms with Crippen LogP contribution in [0.5, 0.6) is 5.88 Å². The molecule has 0 aromatic carbocycles. The first-order valence-electron chi connectivity index (χ1n) is 7.07. The third-order valence-electron chi connectivity index (χ3n) is 3.06. The second kappa shape index (κ2) is 8.24. The molecule has 6 heteroatoms. The molecule has 1 aromatic rings. The number of nitrogens with one attached hydrogen (secondary N) is 1. The molecule has 0 fully saturated rings. The summed E-state index contributed by atoms with van der Waals surface area (Å²) >= 11 is 0. The molecule has 6 nitrogen and oxygen atoms in total. The van der Waals surface area contributed by atoms with Crippen LogP contribution in [0.1, 0.15) is 50.4 Å². The maximum atomic E-state index is 12.1. The second-order valence-electron chi connectivity index (χ2n) is 5.03. The lowest BCUT2D eigenvalue weighted by Gasteiger charge is -2.14. The van der Waals surface area contributed by atoms with Crippen LogP contribution in [0.4, 0.5) is 0 Å². The zero-order valence-electron chi connectivity index (χ0n) is 12.6. The third-order valence-corrected chi connectivity index (χ3v) is 3.06. The first-order chi connectivity index (χ1) is 9.92. The highest BCUT2D eigenvalue weighted by molar-refractivity contribution is 5.94. The van der Waals surface area contributed by atoms with Crippen LogP contribution in [0.15, 0.2) is 18.3 Å². The van der Waals surface area contributed by atoms with Crippen LogP contribution in [-0.4, -0.2) is 34.1 Å². The van der Waals surface area contributed by atoms with E-state index in [2.05, 4.69) is 10.3 Å². The maximum Gasteiger partial charge on any atom is 0.303 e. The topological polar surface area (TPSA) is 88.5 Å². The van der Waals surface area contributed by atoms with Crippen molar-refractivity contribution in [3.8, 4) is 5.88 Å². The minimum absolute atomic E-state index is 0.0279. The molecule has 0 aliphatic rings. The van der Waals surface area contributed by atoms with E-state index in [1.165, 1.54) is 6.20 Å². The molecule has 2 unspecified atom stereocenters. The number of hydrogen-bond donors (Lipinski definition) is 2. The number of aliphatic carboxylic acids is 1. The number of pyridine rings is 1. The van der Waals surface area contributed by atoms with Gasteiger partial charge in [-0.3, -0.25) is 9.59 Å². The molecule has 0 spiro atoms. The summed E-state index contributed by atoms with van der Waals surface area (Å²) in [4.78, 5) is 26.6. The van der Waals surface area contributed by atoms with Gasteiger partial charge >= 0.3 is 5.97 Å². The Morgan fingerprint density at radius 1 is 1.43 bits per heavy atom. The van der Waals surface area contributed by atoms with E-state index in [0.717, 1.165) is 6.42 Å². The van der Waals surface area contributed by atoms with Crippen LogP contribution in [-0.2, 0) is 4.79 Å². The molecule has 1 aromatic heterocycles. The number of carboxylic acid groups (broad SMARTS) is 1. The number of carbonyl (C=O) groups is 2. The van der Waals surface area contributed by atoms with Gasteiger partial charge in [0.2, 0.25) is 5.88 Å². The van der Waals surface area contributed by atoms with Crippen LogP contribution in [0.3, 0.4) is 0 Å². The Balaban J connectivity index is 2.61. The first-order valence-corrected chi connectivity index (χ1v) is 7.07. The molecule has 1 amide bonds. The van der Waals surface area contributed by atoms with Crippen molar-refractivity contribution < 1.29 is 19.4 Å². The molecule has 1 heterocycles. The standard InChI is InChI=1S/C15H22N2O4/c1-4-11(3)21-13-9-12(7-8-16-13)15(20)17-10(2)5-6-14(18)19/h7-11H,4-6H2,1-3H3,(H,17,20)(H,18,19). The van der Waals surface area contributed by atoms with Crippen molar-refractivity contribution in [2.45, 2.75) is 52.2 Å². The Bertz CT molecular complexity index is 490. The normalized spacial score (nSPS) is 13.3. The molecule has 0 saturated heterocycles. The van der Waals surface area contributed by atoms with E-state index in [4.69, 9.17) is 9.84 Å². The van der Waals surface area contributed by atoms with E-state index in [0.29, 0.717) is 17.9 Å². The van der Waals surface area contributed by atoms with Gasteiger partial charge in [-0.2, -0.15) is 0 Å². The summed E-state index contributed by atoms with van der Waals surface area (Å²) in [6.45, 7) is 5.71. The molecule has 1 rings (SSSR count). The van der Waals surface area contributed by atoms with Crippen LogP contribution < -0.4 is 10.1 Å². The molecular formula is C15H22N2O4. The summed E-state index contributed by atoms with van der Waals surface area (Å²) < 4.78 is 5.57. The third kappa shape index (κ3) is 6.25. The van der Waals surface area contributed by atoms with Crippen LogP contribution in [0.25, 0.3) is 0 Å². The van der Waals surface area contributed by atoms with Gasteiger partial charge in [0.1, 0.15) is 0 Å². The van der Waals surface area contributed by atoms with Gasteiger partial charge < -0.3 is 15.2 Å². The lowest BCUT2D eigenvalue weighted by Crippen LogP contribution is -2.33. The van der Waals surface area contributed by atoms with Crippen molar-refractivity contribution in [2.24, 2.45) is 0 Å². The molecule has 116 valence electrons. The minimum atomic E-state index is -0.871. The van der Waals surface area contributed by atoms with Crippen molar-refractivity contribution in [3.05, 3.63) is 23.9 Å². The largest absolute Gasteiger partial charge is 0.481 e. The predicted molar refractivity (Wildman–Crippen MR) is 78.4 cm³/mol. The fourth-order valence-corrected chi connectivity index (χ4v) is 1.62. The summed E-state index contributed by atoms with van der Waals surface area (Å²) in [5, 5.41) is 11.4. The summed E-state index contributed by atoms with van der Waals surface area (Å²) in [5.41, 5.74) is 0.450. The summed E-state index contributed by atoms with van der Waals surface area (Å²) in [5.74, 6) is -0.719. The highest BCUT2D eigenvalue weighted by Gasteiger charge is 2.12. The van der Waals surface area contributed by atoms with Crippen molar-refractivity contribution in [3.63, 3.8) is 0 Å². The molecule has 0 saturated carbocycles. The molecule has 0 aliphatic heterocycles. The van der Waals surface area contributed by atoms with E-state index in [9.17, 15) is 9.59 Å². The number of nitrogens with zero attached hydrogens (tertiary/aromatic N) is 1. The van der Waals surface area contributed by atoms with Crippen molar-refractivity contribution >= 4 is 11.9 Å². The molecule has 0 aliphatic carbocycles. The van der Waals surface area contributed by atoms with Gasteiger partial charge in [0.15, 0.2) is 0 Å². The smallest absolute Gasteiger partial charge is 0.303 e. The lowest BCUT2D eigenvalue weighted by atomic mass is 10.1. The van der Waals surface area contributed by atoms with Gasteiger partial charge in [-0.05, 0) is 32.8 Å². The number of carboxylic acids is 1. The Labute approximate surface area is 124 Å². The lowest BCUT2D eigenvalue weighted by molar-refractivity contribution is -0.137. The van der Waals surface area contributed by atoms with E-state index >= 15 is 0 Å². The second-order valence-corrected chi connectivity index (χ2v) is 5.03. The quantitative estimate of drug-likeness (QED) is 0.767. The average Bonchev–Trinajstić information content (AvgIpc) is 2.45. The summed E-state index contributed by atoms with van der Waals surface area (Å²) in [6, 6.07) is 2.98. The van der Waals surface area contributed by atoms with Gasteiger partial charge in [-0.15, -0.1) is 0 Å². The molecular weight excluding hydrogens is 272 g/mol. The Morgan fingerprint density at radius 2 is 2.14 bits per heavy atom. The van der Waals surface area contributed by atoms with E-state index < -0.39 is 5.97 Å². The van der Waals surface area contributed by atoms with Crippen molar-refractivity contribution in [1.82, 2.24) is 10.3 Å². The first kappa shape index (κ1) is 16.9.